The van der Waals surface area contributed by atoms with Crippen LogP contribution < -0.4 is 5.30 Å². The number of unbranched alkanes of at least 4 members (excludes halogenated alkanes) is 3. The second-order valence-electron chi connectivity index (χ2n) is 11.8. The van der Waals surface area contributed by atoms with Crippen molar-refractivity contribution < 1.29 is 9.53 Å². The number of rotatable bonds is 12. The average Bonchev–Trinajstić information content (AvgIpc) is 3.09. The second-order valence-corrected chi connectivity index (χ2v) is 13.2. The number of hydrogen-bond donors (Lipinski definition) is 0. The van der Waals surface area contributed by atoms with E-state index >= 15 is 0 Å². The third-order valence-corrected chi connectivity index (χ3v) is 8.06. The first-order valence-corrected chi connectivity index (χ1v) is 18.4. The Morgan fingerprint density at radius 1 is 0.630 bits per heavy atom. The monoisotopic (exact) mass is 641 g/mol. The summed E-state index contributed by atoms with van der Waals surface area (Å²) in [5.74, 6) is 0. The van der Waals surface area contributed by atoms with Crippen LogP contribution in [0.3, 0.4) is 0 Å². The Kier molecular flexibility index (Phi) is 22.7. The van der Waals surface area contributed by atoms with E-state index in [9.17, 15) is 4.79 Å². The molecular weight excluding hydrogens is 581 g/mol. The van der Waals surface area contributed by atoms with Gasteiger partial charge in [0.1, 0.15) is 5.60 Å². The number of benzene rings is 4. The topological polar surface area (TPSA) is 29.5 Å². The Morgan fingerprint density at radius 3 is 1.52 bits per heavy atom. The molecule has 4 aromatic rings. The van der Waals surface area contributed by atoms with Crippen molar-refractivity contribution in [3.63, 3.8) is 0 Å². The molecule has 1 unspecified atom stereocenters. The van der Waals surface area contributed by atoms with Crippen LogP contribution in [0.15, 0.2) is 121 Å². The fourth-order valence-corrected chi connectivity index (χ4v) is 5.50. The molecule has 1 amide bonds. The molecule has 46 heavy (non-hydrogen) atoms. The summed E-state index contributed by atoms with van der Waals surface area (Å²) in [7, 11) is 0.837. The maximum absolute atomic E-state index is 12.6. The van der Waals surface area contributed by atoms with Crippen LogP contribution >= 0.6 is 8.58 Å². The highest BCUT2D eigenvalue weighted by atomic mass is 31.1. The predicted molar refractivity (Wildman–Crippen MR) is 205 cm³/mol. The normalized spacial score (nSPS) is 10.4. The Morgan fingerprint density at radius 2 is 1.09 bits per heavy atom. The van der Waals surface area contributed by atoms with Gasteiger partial charge in [-0.2, -0.15) is 0 Å². The van der Waals surface area contributed by atoms with E-state index < -0.39 is 5.60 Å². The summed E-state index contributed by atoms with van der Waals surface area (Å²) in [4.78, 5) is 14.4. The molecule has 0 spiro atoms. The Bertz CT molecular complexity index is 1200. The quantitative estimate of drug-likeness (QED) is 0.114. The minimum atomic E-state index is -0.462. The van der Waals surface area contributed by atoms with Crippen LogP contribution in [0.25, 0.3) is 11.1 Å². The molecule has 3 nitrogen and oxygen atoms in total. The Labute approximate surface area is 283 Å². The molecule has 4 aromatic carbocycles. The summed E-state index contributed by atoms with van der Waals surface area (Å²) in [5.41, 5.74) is 3.34. The number of ether oxygens (including phenoxy) is 1. The number of nitrogens with zero attached hydrogens (tertiary/aromatic N) is 1. The maximum Gasteiger partial charge on any atom is 0.410 e. The SMILES string of the molecule is CC.CC(C)(C)OC(=O)N(CCCCPc1ccccc1)CCc1ccccc1.CCCCC.c1ccc(-c2ccccc2)cc1. The van der Waals surface area contributed by atoms with Gasteiger partial charge in [-0.05, 0) is 68.2 Å². The van der Waals surface area contributed by atoms with Gasteiger partial charge in [0, 0.05) is 13.1 Å². The van der Waals surface area contributed by atoms with E-state index in [1.807, 2.05) is 69.9 Å². The van der Waals surface area contributed by atoms with Gasteiger partial charge in [-0.25, -0.2) is 4.79 Å². The van der Waals surface area contributed by atoms with Crippen molar-refractivity contribution in [2.75, 3.05) is 19.3 Å². The Balaban J connectivity index is 0.000000455. The largest absolute Gasteiger partial charge is 0.444 e. The van der Waals surface area contributed by atoms with Crippen molar-refractivity contribution in [1.29, 1.82) is 0 Å². The first-order chi connectivity index (χ1) is 22.3. The number of carbonyl (C=O) groups is 1. The van der Waals surface area contributed by atoms with Crippen molar-refractivity contribution in [3.05, 3.63) is 127 Å². The lowest BCUT2D eigenvalue weighted by Gasteiger charge is -2.27. The minimum Gasteiger partial charge on any atom is -0.444 e. The van der Waals surface area contributed by atoms with Crippen molar-refractivity contribution in [2.24, 2.45) is 0 Å². The zero-order valence-corrected chi connectivity index (χ0v) is 30.7. The second kappa shape index (κ2) is 25.7. The molecule has 0 saturated heterocycles. The van der Waals surface area contributed by atoms with Gasteiger partial charge >= 0.3 is 6.09 Å². The molecule has 250 valence electrons. The zero-order chi connectivity index (χ0) is 33.9. The summed E-state index contributed by atoms with van der Waals surface area (Å²) < 4.78 is 5.60. The van der Waals surface area contributed by atoms with E-state index in [1.54, 1.807) is 0 Å². The van der Waals surface area contributed by atoms with Gasteiger partial charge in [-0.3, -0.25) is 0 Å². The van der Waals surface area contributed by atoms with Crippen molar-refractivity contribution >= 4 is 20.0 Å². The van der Waals surface area contributed by atoms with Gasteiger partial charge < -0.3 is 9.64 Å². The third-order valence-electron chi connectivity index (χ3n) is 6.71. The lowest BCUT2D eigenvalue weighted by Crippen LogP contribution is -2.38. The van der Waals surface area contributed by atoms with E-state index in [-0.39, 0.29) is 6.09 Å². The van der Waals surface area contributed by atoms with Crippen LogP contribution in [-0.4, -0.2) is 35.8 Å². The van der Waals surface area contributed by atoms with Crippen LogP contribution in [0.2, 0.25) is 0 Å². The molecule has 0 bridgehead atoms. The van der Waals surface area contributed by atoms with Crippen LogP contribution in [0, 0.1) is 0 Å². The molecule has 0 radical (unpaired) electrons. The van der Waals surface area contributed by atoms with Crippen molar-refractivity contribution in [3.8, 4) is 11.1 Å². The molecule has 0 fully saturated rings. The lowest BCUT2D eigenvalue weighted by atomic mass is 10.1. The number of hydrogen-bond acceptors (Lipinski definition) is 2. The molecule has 0 N–H and O–H groups in total. The van der Waals surface area contributed by atoms with Crippen LogP contribution in [-0.2, 0) is 11.2 Å². The molecule has 1 atom stereocenters. The van der Waals surface area contributed by atoms with E-state index in [0.29, 0.717) is 6.54 Å². The molecule has 0 heterocycles. The Hall–Kier alpha value is -3.42. The zero-order valence-electron chi connectivity index (χ0n) is 29.7. The molecule has 0 aliphatic carbocycles. The lowest BCUT2D eigenvalue weighted by molar-refractivity contribution is 0.0249. The van der Waals surface area contributed by atoms with Crippen molar-refractivity contribution in [2.45, 2.75) is 92.6 Å². The van der Waals surface area contributed by atoms with Gasteiger partial charge in [0.2, 0.25) is 0 Å². The first-order valence-electron chi connectivity index (χ1n) is 17.2. The summed E-state index contributed by atoms with van der Waals surface area (Å²) in [6, 6.07) is 41.7. The summed E-state index contributed by atoms with van der Waals surface area (Å²) >= 11 is 0. The predicted octanol–water partition coefficient (Wildman–Crippen LogP) is 11.8. The smallest absolute Gasteiger partial charge is 0.410 e. The summed E-state index contributed by atoms with van der Waals surface area (Å²) in [6.07, 6.45) is 8.03. The van der Waals surface area contributed by atoms with E-state index in [4.69, 9.17) is 4.74 Å². The molecule has 4 heteroatoms. The number of carbonyl (C=O) groups excluding carboxylic acids is 1. The minimum absolute atomic E-state index is 0.205. The summed E-state index contributed by atoms with van der Waals surface area (Å²) in [5, 5.41) is 1.41. The van der Waals surface area contributed by atoms with E-state index in [0.717, 1.165) is 34.4 Å². The molecule has 0 saturated carbocycles. The summed E-state index contributed by atoms with van der Waals surface area (Å²) in [6.45, 7) is 15.6. The molecule has 0 aliphatic rings. The first kappa shape index (κ1) is 40.6. The molecule has 0 aromatic heterocycles. The standard InChI is InChI=1S/C23H32NO2P.C12H10.C5H12.C2H6/c1-23(2,3)26-22(25)24(18-16-20-12-6-4-7-13-20)17-10-11-19-27-21-14-8-5-9-15-21;1-3-7-11(8-4-1)12-9-5-2-6-10-12;1-3-5-4-2;1-2/h4-9,12-15,27H,10-11,16-19H2,1-3H3;1-10H;3-5H2,1-2H3;1-2H3. The van der Waals surface area contributed by atoms with E-state index in [1.165, 1.54) is 47.4 Å². The van der Waals surface area contributed by atoms with Gasteiger partial charge in [0.15, 0.2) is 0 Å². The van der Waals surface area contributed by atoms with Gasteiger partial charge in [0.05, 0.1) is 0 Å². The fraction of sp³-hybridized carbons (Fsp3) is 0.405. The van der Waals surface area contributed by atoms with Gasteiger partial charge in [0.25, 0.3) is 0 Å². The third kappa shape index (κ3) is 19.9. The van der Waals surface area contributed by atoms with Gasteiger partial charge in [-0.1, -0.05) is 177 Å². The average molecular weight is 642 g/mol. The maximum atomic E-state index is 12.6. The van der Waals surface area contributed by atoms with E-state index in [2.05, 4.69) is 105 Å². The highest BCUT2D eigenvalue weighted by Gasteiger charge is 2.21. The van der Waals surface area contributed by atoms with Crippen LogP contribution in [0.4, 0.5) is 4.79 Å². The molecule has 4 rings (SSSR count). The molecule has 0 aliphatic heterocycles. The highest BCUT2D eigenvalue weighted by molar-refractivity contribution is 7.47. The fourth-order valence-electron chi connectivity index (χ4n) is 4.36. The van der Waals surface area contributed by atoms with Crippen LogP contribution in [0.5, 0.6) is 0 Å². The van der Waals surface area contributed by atoms with Crippen molar-refractivity contribution in [1.82, 2.24) is 4.90 Å². The van der Waals surface area contributed by atoms with Gasteiger partial charge in [-0.15, -0.1) is 0 Å². The van der Waals surface area contributed by atoms with Crippen LogP contribution in [0.1, 0.15) is 86.1 Å². The highest BCUT2D eigenvalue weighted by Crippen LogP contribution is 2.17. The number of amides is 1. The molecular formula is C42H60NO2P.